The molecule has 0 radical (unpaired) electrons. The Morgan fingerprint density at radius 2 is 1.77 bits per heavy atom. The molecule has 0 saturated carbocycles. The first-order valence-electron chi connectivity index (χ1n) is 10.4. The van der Waals surface area contributed by atoms with Crippen molar-refractivity contribution < 1.29 is 14.0 Å². The van der Waals surface area contributed by atoms with Crippen molar-refractivity contribution in [1.82, 2.24) is 9.80 Å². The Morgan fingerprint density at radius 1 is 1.03 bits per heavy atom. The van der Waals surface area contributed by atoms with Gasteiger partial charge in [0.25, 0.3) is 5.91 Å². The lowest BCUT2D eigenvalue weighted by molar-refractivity contribution is -0.117. The smallest absolute Gasteiger partial charge is 0.255 e. The van der Waals surface area contributed by atoms with Crippen LogP contribution in [0.3, 0.4) is 0 Å². The van der Waals surface area contributed by atoms with Gasteiger partial charge in [0.15, 0.2) is 0 Å². The number of amides is 2. The third-order valence-electron chi connectivity index (χ3n) is 5.79. The molecule has 2 fully saturated rings. The SMILES string of the molecule is CN1CCN(Cc2ccc(C(=O)Nc3ccc(N4CCCC4=O)c(F)c3)cc2)CC1. The van der Waals surface area contributed by atoms with Crippen LogP contribution in [0.4, 0.5) is 15.8 Å². The Balaban J connectivity index is 1.36. The second-order valence-electron chi connectivity index (χ2n) is 8.05. The summed E-state index contributed by atoms with van der Waals surface area (Å²) in [5.41, 5.74) is 2.33. The maximum absolute atomic E-state index is 14.5. The van der Waals surface area contributed by atoms with Crippen molar-refractivity contribution in [1.29, 1.82) is 0 Å². The predicted octanol–water partition coefficient (Wildman–Crippen LogP) is 2.95. The zero-order valence-electron chi connectivity index (χ0n) is 17.2. The standard InChI is InChI=1S/C23H27FN4O2/c1-26-11-13-27(14-12-26)16-17-4-6-18(7-5-17)23(30)25-19-8-9-21(20(24)15-19)28-10-2-3-22(28)29/h4-9,15H,2-3,10-14,16H2,1H3,(H,25,30). The number of benzene rings is 2. The first kappa shape index (κ1) is 20.5. The van der Waals surface area contributed by atoms with E-state index in [9.17, 15) is 14.0 Å². The van der Waals surface area contributed by atoms with E-state index in [-0.39, 0.29) is 17.5 Å². The topological polar surface area (TPSA) is 55.9 Å². The number of hydrogen-bond donors (Lipinski definition) is 1. The van der Waals surface area contributed by atoms with E-state index in [2.05, 4.69) is 22.2 Å². The van der Waals surface area contributed by atoms with E-state index in [4.69, 9.17) is 0 Å². The molecule has 2 heterocycles. The van der Waals surface area contributed by atoms with Gasteiger partial charge in [0.2, 0.25) is 5.91 Å². The van der Waals surface area contributed by atoms with Crippen molar-refractivity contribution in [3.05, 3.63) is 59.4 Å². The van der Waals surface area contributed by atoms with Gasteiger partial charge in [-0.3, -0.25) is 14.5 Å². The monoisotopic (exact) mass is 410 g/mol. The number of carbonyl (C=O) groups is 2. The highest BCUT2D eigenvalue weighted by Gasteiger charge is 2.24. The largest absolute Gasteiger partial charge is 0.322 e. The van der Waals surface area contributed by atoms with Crippen molar-refractivity contribution in [2.24, 2.45) is 0 Å². The van der Waals surface area contributed by atoms with Gasteiger partial charge in [-0.1, -0.05) is 12.1 Å². The van der Waals surface area contributed by atoms with Gasteiger partial charge >= 0.3 is 0 Å². The Morgan fingerprint density at radius 3 is 2.40 bits per heavy atom. The van der Waals surface area contributed by atoms with Crippen LogP contribution in [-0.2, 0) is 11.3 Å². The molecule has 4 rings (SSSR count). The van der Waals surface area contributed by atoms with Crippen LogP contribution in [0.25, 0.3) is 0 Å². The molecule has 1 N–H and O–H groups in total. The van der Waals surface area contributed by atoms with Crippen LogP contribution < -0.4 is 10.2 Å². The summed E-state index contributed by atoms with van der Waals surface area (Å²) in [7, 11) is 2.14. The summed E-state index contributed by atoms with van der Waals surface area (Å²) < 4.78 is 14.5. The van der Waals surface area contributed by atoms with Crippen LogP contribution >= 0.6 is 0 Å². The van der Waals surface area contributed by atoms with Crippen LogP contribution in [0.2, 0.25) is 0 Å². The highest BCUT2D eigenvalue weighted by Crippen LogP contribution is 2.27. The highest BCUT2D eigenvalue weighted by molar-refractivity contribution is 6.04. The van der Waals surface area contributed by atoms with E-state index in [1.165, 1.54) is 16.5 Å². The molecular formula is C23H27FN4O2. The molecule has 0 aliphatic carbocycles. The van der Waals surface area contributed by atoms with E-state index in [1.54, 1.807) is 24.3 Å². The van der Waals surface area contributed by atoms with Crippen LogP contribution in [-0.4, -0.2) is 61.4 Å². The molecule has 2 amide bonds. The number of rotatable bonds is 5. The van der Waals surface area contributed by atoms with Crippen LogP contribution in [0.5, 0.6) is 0 Å². The first-order valence-corrected chi connectivity index (χ1v) is 10.4. The zero-order chi connectivity index (χ0) is 21.1. The van der Waals surface area contributed by atoms with Gasteiger partial charge in [-0.25, -0.2) is 4.39 Å². The lowest BCUT2D eigenvalue weighted by Gasteiger charge is -2.32. The van der Waals surface area contributed by atoms with Gasteiger partial charge in [-0.05, 0) is 49.4 Å². The molecule has 7 heteroatoms. The molecule has 0 bridgehead atoms. The van der Waals surface area contributed by atoms with Gasteiger partial charge in [0, 0.05) is 56.9 Å². The molecular weight excluding hydrogens is 383 g/mol. The Hall–Kier alpha value is -2.77. The van der Waals surface area contributed by atoms with E-state index < -0.39 is 5.82 Å². The molecule has 0 atom stereocenters. The summed E-state index contributed by atoms with van der Waals surface area (Å²) in [6.45, 7) is 5.63. The number of hydrogen-bond acceptors (Lipinski definition) is 4. The summed E-state index contributed by atoms with van der Waals surface area (Å²) in [6, 6.07) is 12.0. The molecule has 2 aliphatic rings. The van der Waals surface area contributed by atoms with Crippen molar-refractivity contribution in [3.8, 4) is 0 Å². The molecule has 2 aromatic rings. The Kier molecular flexibility index (Phi) is 6.11. The van der Waals surface area contributed by atoms with Gasteiger partial charge in [-0.2, -0.15) is 0 Å². The van der Waals surface area contributed by atoms with Crippen LogP contribution in [0.15, 0.2) is 42.5 Å². The molecule has 2 saturated heterocycles. The lowest BCUT2D eigenvalue weighted by atomic mass is 10.1. The normalized spacial score (nSPS) is 18.1. The van der Waals surface area contributed by atoms with Gasteiger partial charge in [0.05, 0.1) is 5.69 Å². The fourth-order valence-electron chi connectivity index (χ4n) is 3.94. The molecule has 2 aliphatic heterocycles. The average molecular weight is 410 g/mol. The molecule has 158 valence electrons. The fourth-order valence-corrected chi connectivity index (χ4v) is 3.94. The molecule has 0 spiro atoms. The third-order valence-corrected chi connectivity index (χ3v) is 5.79. The minimum absolute atomic E-state index is 0.0673. The zero-order valence-corrected chi connectivity index (χ0v) is 17.2. The molecule has 2 aromatic carbocycles. The fraction of sp³-hybridized carbons (Fsp3) is 0.391. The number of likely N-dealkylation sites (N-methyl/N-ethyl adjacent to an activating group) is 1. The average Bonchev–Trinajstić information content (AvgIpc) is 3.16. The minimum atomic E-state index is -0.509. The molecule has 6 nitrogen and oxygen atoms in total. The molecule has 0 unspecified atom stereocenters. The maximum Gasteiger partial charge on any atom is 0.255 e. The first-order chi connectivity index (χ1) is 14.5. The summed E-state index contributed by atoms with van der Waals surface area (Å²) in [6.07, 6.45) is 1.18. The Bertz CT molecular complexity index is 923. The van der Waals surface area contributed by atoms with Gasteiger partial charge < -0.3 is 15.1 Å². The summed E-state index contributed by atoms with van der Waals surface area (Å²) in [5.74, 6) is -0.863. The van der Waals surface area contributed by atoms with Crippen molar-refractivity contribution in [3.63, 3.8) is 0 Å². The van der Waals surface area contributed by atoms with Gasteiger partial charge in [0.1, 0.15) is 5.82 Å². The van der Waals surface area contributed by atoms with Crippen molar-refractivity contribution in [2.45, 2.75) is 19.4 Å². The number of halogens is 1. The number of anilines is 2. The minimum Gasteiger partial charge on any atom is -0.322 e. The van der Waals surface area contributed by atoms with E-state index in [1.807, 2.05) is 12.1 Å². The summed E-state index contributed by atoms with van der Waals surface area (Å²) in [5, 5.41) is 2.74. The number of nitrogens with zero attached hydrogens (tertiary/aromatic N) is 3. The van der Waals surface area contributed by atoms with Gasteiger partial charge in [-0.15, -0.1) is 0 Å². The van der Waals surface area contributed by atoms with E-state index >= 15 is 0 Å². The van der Waals surface area contributed by atoms with Crippen LogP contribution in [0.1, 0.15) is 28.8 Å². The lowest BCUT2D eigenvalue weighted by Crippen LogP contribution is -2.43. The maximum atomic E-state index is 14.5. The summed E-state index contributed by atoms with van der Waals surface area (Å²) in [4.78, 5) is 30.6. The molecule has 0 aromatic heterocycles. The quantitative estimate of drug-likeness (QED) is 0.824. The predicted molar refractivity (Wildman–Crippen MR) is 115 cm³/mol. The third kappa shape index (κ3) is 4.68. The number of nitrogens with one attached hydrogen (secondary N) is 1. The number of carbonyl (C=O) groups excluding carboxylic acids is 2. The van der Waals surface area contributed by atoms with Crippen LogP contribution in [0, 0.1) is 5.82 Å². The number of piperazine rings is 1. The van der Waals surface area contributed by atoms with Crippen molar-refractivity contribution >= 4 is 23.2 Å². The van der Waals surface area contributed by atoms with E-state index in [0.29, 0.717) is 24.2 Å². The molecule has 30 heavy (non-hydrogen) atoms. The second kappa shape index (κ2) is 8.93. The highest BCUT2D eigenvalue weighted by atomic mass is 19.1. The summed E-state index contributed by atoms with van der Waals surface area (Å²) >= 11 is 0. The Labute approximate surface area is 176 Å². The second-order valence-corrected chi connectivity index (χ2v) is 8.05. The van der Waals surface area contributed by atoms with Crippen molar-refractivity contribution in [2.75, 3.05) is 50.0 Å². The van der Waals surface area contributed by atoms with E-state index in [0.717, 1.165) is 39.1 Å².